The predicted octanol–water partition coefficient (Wildman–Crippen LogP) is 3.09. The van der Waals surface area contributed by atoms with E-state index in [0.29, 0.717) is 17.2 Å². The van der Waals surface area contributed by atoms with Crippen LogP contribution >= 0.6 is 0 Å². The minimum Gasteiger partial charge on any atom is -0.458 e. The van der Waals surface area contributed by atoms with Crippen LogP contribution in [0.1, 0.15) is 36.8 Å². The highest BCUT2D eigenvalue weighted by atomic mass is 16.6. The number of ether oxygens (including phenoxy) is 1. The maximum Gasteiger partial charge on any atom is 0.348 e. The molecule has 0 aromatic heterocycles. The summed E-state index contributed by atoms with van der Waals surface area (Å²) >= 11 is 0. The van der Waals surface area contributed by atoms with Crippen LogP contribution in [0.5, 0.6) is 0 Å². The van der Waals surface area contributed by atoms with Gasteiger partial charge in [0.25, 0.3) is 0 Å². The Bertz CT molecular complexity index is 722. The molecule has 1 unspecified atom stereocenters. The molecule has 4 nitrogen and oxygen atoms in total. The normalized spacial score (nSPS) is 25.8. The van der Waals surface area contributed by atoms with Gasteiger partial charge in [-0.15, -0.1) is 0 Å². The highest BCUT2D eigenvalue weighted by Crippen LogP contribution is 2.38. The molecule has 0 aliphatic carbocycles. The lowest BCUT2D eigenvalue weighted by atomic mass is 9.86. The fourth-order valence-corrected chi connectivity index (χ4v) is 4.51. The Morgan fingerprint density at radius 1 is 0.962 bits per heavy atom. The van der Waals surface area contributed by atoms with Gasteiger partial charge in [0.15, 0.2) is 0 Å². The number of benzene rings is 2. The molecule has 4 rings (SSSR count). The number of hydrogen-bond acceptors (Lipinski definition) is 4. The summed E-state index contributed by atoms with van der Waals surface area (Å²) in [4.78, 5) is 15.6. The van der Waals surface area contributed by atoms with E-state index in [1.165, 1.54) is 0 Å². The molecule has 2 heterocycles. The lowest BCUT2D eigenvalue weighted by Gasteiger charge is -2.38. The fourth-order valence-electron chi connectivity index (χ4n) is 4.51. The van der Waals surface area contributed by atoms with Crippen molar-refractivity contribution in [2.45, 2.75) is 49.5 Å². The van der Waals surface area contributed by atoms with E-state index in [1.54, 1.807) is 24.3 Å². The minimum absolute atomic E-state index is 0.162. The number of aliphatic hydroxyl groups is 1. The van der Waals surface area contributed by atoms with Gasteiger partial charge in [-0.05, 0) is 43.9 Å². The van der Waals surface area contributed by atoms with Crippen LogP contribution in [0, 0.1) is 0 Å². The Kier molecular flexibility index (Phi) is 4.55. The summed E-state index contributed by atoms with van der Waals surface area (Å²) in [6, 6.07) is 19.0. The maximum absolute atomic E-state index is 13.2. The first-order chi connectivity index (χ1) is 12.6. The highest BCUT2D eigenvalue weighted by Gasteiger charge is 2.47. The van der Waals surface area contributed by atoms with Gasteiger partial charge in [-0.1, -0.05) is 60.7 Å². The number of fused-ring (bicyclic) bond motifs is 2. The molecule has 2 aliphatic heterocycles. The molecule has 1 N–H and O–H groups in total. The zero-order valence-electron chi connectivity index (χ0n) is 15.0. The Labute approximate surface area is 154 Å². The van der Waals surface area contributed by atoms with Crippen LogP contribution in [0.15, 0.2) is 60.7 Å². The zero-order valence-corrected chi connectivity index (χ0v) is 15.0. The fraction of sp³-hybridized carbons (Fsp3) is 0.409. The van der Waals surface area contributed by atoms with E-state index >= 15 is 0 Å². The molecule has 3 atom stereocenters. The van der Waals surface area contributed by atoms with Gasteiger partial charge in [-0.25, -0.2) is 4.79 Å². The quantitative estimate of drug-likeness (QED) is 0.860. The molecular weight excluding hydrogens is 326 g/mol. The monoisotopic (exact) mass is 351 g/mol. The van der Waals surface area contributed by atoms with Crippen molar-refractivity contribution in [2.24, 2.45) is 0 Å². The maximum atomic E-state index is 13.2. The number of rotatable bonds is 4. The van der Waals surface area contributed by atoms with Crippen molar-refractivity contribution in [1.82, 2.24) is 4.90 Å². The van der Waals surface area contributed by atoms with Crippen molar-refractivity contribution < 1.29 is 14.6 Å². The largest absolute Gasteiger partial charge is 0.458 e. The molecule has 2 aromatic rings. The molecule has 0 amide bonds. The lowest BCUT2D eigenvalue weighted by Crippen LogP contribution is -2.49. The van der Waals surface area contributed by atoms with Crippen molar-refractivity contribution in [3.8, 4) is 0 Å². The first-order valence-electron chi connectivity index (χ1n) is 9.37. The molecule has 4 heteroatoms. The Hall–Kier alpha value is -2.17. The summed E-state index contributed by atoms with van der Waals surface area (Å²) in [5.74, 6) is -0.585. The second-order valence-corrected chi connectivity index (χ2v) is 7.43. The van der Waals surface area contributed by atoms with Crippen LogP contribution < -0.4 is 0 Å². The van der Waals surface area contributed by atoms with E-state index < -0.39 is 11.6 Å². The van der Waals surface area contributed by atoms with Gasteiger partial charge in [0.1, 0.15) is 6.10 Å². The second-order valence-electron chi connectivity index (χ2n) is 7.43. The number of likely N-dealkylation sites (N-methyl/N-ethyl adjacent to an activating group) is 1. The molecule has 2 aromatic carbocycles. The van der Waals surface area contributed by atoms with Gasteiger partial charge in [0, 0.05) is 12.1 Å². The number of hydrogen-bond donors (Lipinski definition) is 1. The molecule has 2 saturated heterocycles. The summed E-state index contributed by atoms with van der Waals surface area (Å²) < 4.78 is 5.94. The third-order valence-electron chi connectivity index (χ3n) is 6.05. The Morgan fingerprint density at radius 3 is 2.08 bits per heavy atom. The molecule has 0 saturated carbocycles. The molecule has 2 fully saturated rings. The molecule has 26 heavy (non-hydrogen) atoms. The molecule has 0 radical (unpaired) electrons. The van der Waals surface area contributed by atoms with Crippen LogP contribution in [0.2, 0.25) is 0 Å². The zero-order chi connectivity index (χ0) is 18.1. The molecular formula is C22H25NO3. The topological polar surface area (TPSA) is 49.8 Å². The van der Waals surface area contributed by atoms with E-state index in [0.717, 1.165) is 25.7 Å². The smallest absolute Gasteiger partial charge is 0.348 e. The summed E-state index contributed by atoms with van der Waals surface area (Å²) in [5.41, 5.74) is -0.731. The number of piperidine rings is 1. The average molecular weight is 351 g/mol. The van der Waals surface area contributed by atoms with Gasteiger partial charge in [0.05, 0.1) is 0 Å². The molecule has 136 valence electrons. The van der Waals surface area contributed by atoms with Crippen molar-refractivity contribution in [3.63, 3.8) is 0 Å². The third kappa shape index (κ3) is 2.83. The predicted molar refractivity (Wildman–Crippen MR) is 99.6 cm³/mol. The Morgan fingerprint density at radius 2 is 1.50 bits per heavy atom. The number of nitrogens with zero attached hydrogens (tertiary/aromatic N) is 1. The van der Waals surface area contributed by atoms with Gasteiger partial charge in [0.2, 0.25) is 5.60 Å². The van der Waals surface area contributed by atoms with Crippen molar-refractivity contribution >= 4 is 5.97 Å². The average Bonchev–Trinajstić information content (AvgIpc) is 2.92. The van der Waals surface area contributed by atoms with Crippen molar-refractivity contribution in [3.05, 3.63) is 71.8 Å². The minimum atomic E-state index is -1.80. The highest BCUT2D eigenvalue weighted by molar-refractivity contribution is 5.85. The van der Waals surface area contributed by atoms with E-state index in [9.17, 15) is 9.90 Å². The van der Waals surface area contributed by atoms with E-state index in [-0.39, 0.29) is 12.1 Å². The summed E-state index contributed by atoms with van der Waals surface area (Å²) in [5, 5.41) is 11.5. The number of carbonyl (C=O) groups is 1. The SMILES string of the molecule is CN1[C@@H]2CCC(OC(=O)C(O)(c3ccccc3)c3ccccc3)[C@H]1CC2. The van der Waals surface area contributed by atoms with Crippen molar-refractivity contribution in [2.75, 3.05) is 7.05 Å². The standard InChI is InChI=1S/C22H25NO3/c1-23-18-12-14-19(23)20(15-13-18)26-21(24)22(25,16-8-4-2-5-9-16)17-10-6-3-7-11-17/h2-11,18-20,25H,12-15H2,1H3/t18-,19+,20?/m0/s1. The van der Waals surface area contributed by atoms with E-state index in [2.05, 4.69) is 11.9 Å². The van der Waals surface area contributed by atoms with Crippen LogP contribution in [-0.4, -0.2) is 41.2 Å². The van der Waals surface area contributed by atoms with Crippen LogP contribution in [-0.2, 0) is 15.1 Å². The van der Waals surface area contributed by atoms with Gasteiger partial charge in [-0.3, -0.25) is 4.90 Å². The molecule has 2 aliphatic rings. The van der Waals surface area contributed by atoms with Gasteiger partial charge >= 0.3 is 5.97 Å². The van der Waals surface area contributed by atoms with Crippen molar-refractivity contribution in [1.29, 1.82) is 0 Å². The second kappa shape index (κ2) is 6.86. The van der Waals surface area contributed by atoms with Crippen LogP contribution in [0.4, 0.5) is 0 Å². The Balaban J connectivity index is 1.65. The number of esters is 1. The molecule has 2 bridgehead atoms. The number of carbonyl (C=O) groups excluding carboxylic acids is 1. The molecule has 0 spiro atoms. The van der Waals surface area contributed by atoms with Crippen LogP contribution in [0.25, 0.3) is 0 Å². The summed E-state index contributed by atoms with van der Waals surface area (Å²) in [7, 11) is 2.11. The first-order valence-corrected chi connectivity index (χ1v) is 9.37. The lowest BCUT2D eigenvalue weighted by molar-refractivity contribution is -0.173. The van der Waals surface area contributed by atoms with E-state index in [4.69, 9.17) is 4.74 Å². The van der Waals surface area contributed by atoms with Crippen LogP contribution in [0.3, 0.4) is 0 Å². The summed E-state index contributed by atoms with van der Waals surface area (Å²) in [6.07, 6.45) is 3.96. The van der Waals surface area contributed by atoms with Gasteiger partial charge < -0.3 is 9.84 Å². The van der Waals surface area contributed by atoms with Gasteiger partial charge in [-0.2, -0.15) is 0 Å². The van der Waals surface area contributed by atoms with E-state index in [1.807, 2.05) is 36.4 Å². The summed E-state index contributed by atoms with van der Waals surface area (Å²) in [6.45, 7) is 0. The first kappa shape index (κ1) is 17.3. The third-order valence-corrected chi connectivity index (χ3v) is 6.05.